The summed E-state index contributed by atoms with van der Waals surface area (Å²) in [6.07, 6.45) is 1.78. The zero-order chi connectivity index (χ0) is 24.5. The van der Waals surface area contributed by atoms with Crippen LogP contribution in [-0.4, -0.2) is 24.3 Å². The van der Waals surface area contributed by atoms with E-state index in [9.17, 15) is 0 Å². The van der Waals surface area contributed by atoms with E-state index < -0.39 is 0 Å². The van der Waals surface area contributed by atoms with Gasteiger partial charge < -0.3 is 24.1 Å². The lowest BCUT2D eigenvalue weighted by Crippen LogP contribution is -2.29. The molecule has 2 aromatic carbocycles. The molecule has 1 aliphatic heterocycles. The molecule has 0 spiro atoms. The van der Waals surface area contributed by atoms with Gasteiger partial charge in [-0.25, -0.2) is 0 Å². The number of anilines is 1. The molecule has 0 bridgehead atoms. The van der Waals surface area contributed by atoms with Crippen molar-refractivity contribution in [3.05, 3.63) is 94.4 Å². The van der Waals surface area contributed by atoms with E-state index in [0.29, 0.717) is 16.6 Å². The third-order valence-corrected chi connectivity index (χ3v) is 7.02. The third-order valence-electron chi connectivity index (χ3n) is 6.05. The van der Waals surface area contributed by atoms with Crippen molar-refractivity contribution in [2.24, 2.45) is 0 Å². The number of aromatic nitrogens is 1. The average Bonchev–Trinajstić information content (AvgIpc) is 3.48. The van der Waals surface area contributed by atoms with Crippen LogP contribution in [0.1, 0.15) is 29.1 Å². The van der Waals surface area contributed by atoms with E-state index in [1.54, 1.807) is 20.4 Å². The van der Waals surface area contributed by atoms with Gasteiger partial charge in [0, 0.05) is 22.3 Å². The first-order valence-electron chi connectivity index (χ1n) is 11.1. The highest BCUT2D eigenvalue weighted by Crippen LogP contribution is 2.46. The molecule has 2 aromatic heterocycles. The van der Waals surface area contributed by atoms with E-state index in [2.05, 4.69) is 51.4 Å². The number of aryl methyl sites for hydroxylation is 1. The summed E-state index contributed by atoms with van der Waals surface area (Å²) in [6.45, 7) is 2.06. The van der Waals surface area contributed by atoms with Gasteiger partial charge in [0.15, 0.2) is 5.11 Å². The summed E-state index contributed by atoms with van der Waals surface area (Å²) in [5.41, 5.74) is 3.83. The van der Waals surface area contributed by atoms with Crippen molar-refractivity contribution < 1.29 is 13.9 Å². The Morgan fingerprint density at radius 1 is 1.03 bits per heavy atom. The van der Waals surface area contributed by atoms with E-state index in [4.69, 9.17) is 26.1 Å². The Bertz CT molecular complexity index is 1380. The molecule has 178 valence electrons. The Hall–Kier alpha value is -3.36. The lowest BCUT2D eigenvalue weighted by atomic mass is 10.0. The predicted octanol–water partition coefficient (Wildman–Crippen LogP) is 6.61. The van der Waals surface area contributed by atoms with Gasteiger partial charge in [0.05, 0.1) is 31.6 Å². The Balaban J connectivity index is 1.63. The maximum absolute atomic E-state index is 6.48. The number of nitrogens with one attached hydrogen (secondary N) is 1. The van der Waals surface area contributed by atoms with Crippen LogP contribution in [0.2, 0.25) is 0 Å². The molecule has 8 heteroatoms. The molecule has 3 heterocycles. The number of halogens is 1. The summed E-state index contributed by atoms with van der Waals surface area (Å²) in [4.78, 5) is 6.64. The second-order valence-corrected chi connectivity index (χ2v) is 9.46. The number of thiocarbonyl (C=S) groups is 1. The fourth-order valence-electron chi connectivity index (χ4n) is 4.36. The minimum Gasteiger partial charge on any atom is -0.497 e. The van der Waals surface area contributed by atoms with Crippen LogP contribution in [-0.2, 0) is 0 Å². The minimum absolute atomic E-state index is 0.226. The number of nitrogens with zero attached hydrogens (tertiary/aromatic N) is 2. The fraction of sp³-hybridized carbons (Fsp3) is 0.185. The molecule has 0 amide bonds. The molecule has 6 nitrogen and oxygen atoms in total. The first-order valence-corrected chi connectivity index (χ1v) is 12.3. The zero-order valence-electron chi connectivity index (χ0n) is 19.5. The van der Waals surface area contributed by atoms with Crippen LogP contribution >= 0.6 is 28.1 Å². The average molecular weight is 550 g/mol. The smallest absolute Gasteiger partial charge is 0.174 e. The van der Waals surface area contributed by atoms with Crippen LogP contribution in [0.15, 0.2) is 81.8 Å². The monoisotopic (exact) mass is 549 g/mol. The number of ether oxygens (including phenoxy) is 2. The lowest BCUT2D eigenvalue weighted by Gasteiger charge is -2.27. The Morgan fingerprint density at radius 3 is 2.60 bits per heavy atom. The van der Waals surface area contributed by atoms with E-state index in [1.807, 2.05) is 53.4 Å². The van der Waals surface area contributed by atoms with E-state index >= 15 is 0 Å². The predicted molar refractivity (Wildman–Crippen MR) is 144 cm³/mol. The third kappa shape index (κ3) is 4.39. The SMILES string of the molecule is COc1ccc(N2C(=S)N[C@@H](c3ccccn3)[C@H]2c2ccc(-c3ccc(C)cc3Br)o2)c(OC)c1. The summed E-state index contributed by atoms with van der Waals surface area (Å²) in [7, 11) is 3.26. The van der Waals surface area contributed by atoms with Gasteiger partial charge >= 0.3 is 0 Å². The van der Waals surface area contributed by atoms with Gasteiger partial charge in [0.2, 0.25) is 0 Å². The molecule has 1 N–H and O–H groups in total. The first-order chi connectivity index (χ1) is 17.0. The number of methoxy groups -OCH3 is 2. The quantitative estimate of drug-likeness (QED) is 0.271. The maximum Gasteiger partial charge on any atom is 0.174 e. The fourth-order valence-corrected chi connectivity index (χ4v) is 5.39. The van der Waals surface area contributed by atoms with Crippen molar-refractivity contribution in [1.29, 1.82) is 0 Å². The summed E-state index contributed by atoms with van der Waals surface area (Å²) < 4.78 is 18.6. The van der Waals surface area contributed by atoms with E-state index in [1.165, 1.54) is 5.56 Å². The molecule has 0 radical (unpaired) electrons. The largest absolute Gasteiger partial charge is 0.497 e. The van der Waals surface area contributed by atoms with Crippen molar-refractivity contribution >= 4 is 38.9 Å². The zero-order valence-corrected chi connectivity index (χ0v) is 21.9. The molecule has 5 rings (SSSR count). The van der Waals surface area contributed by atoms with E-state index in [0.717, 1.165) is 32.9 Å². The van der Waals surface area contributed by atoms with Crippen molar-refractivity contribution in [3.63, 3.8) is 0 Å². The summed E-state index contributed by atoms with van der Waals surface area (Å²) in [5.74, 6) is 2.87. The first kappa shape index (κ1) is 23.4. The van der Waals surface area contributed by atoms with Gasteiger partial charge in [0.25, 0.3) is 0 Å². The van der Waals surface area contributed by atoms with Crippen LogP contribution in [0.5, 0.6) is 11.5 Å². The normalized spacial score (nSPS) is 17.4. The van der Waals surface area contributed by atoms with Gasteiger partial charge in [-0.1, -0.05) is 28.1 Å². The van der Waals surface area contributed by atoms with Gasteiger partial charge in [-0.05, 0) is 73.2 Å². The highest BCUT2D eigenvalue weighted by Gasteiger charge is 2.43. The van der Waals surface area contributed by atoms with Crippen molar-refractivity contribution in [1.82, 2.24) is 10.3 Å². The molecule has 0 unspecified atom stereocenters. The van der Waals surface area contributed by atoms with Gasteiger partial charge in [0.1, 0.15) is 29.1 Å². The van der Waals surface area contributed by atoms with Gasteiger partial charge in [-0.15, -0.1) is 0 Å². The Kier molecular flexibility index (Phi) is 6.49. The molecular formula is C27H24BrN3O3S. The maximum atomic E-state index is 6.48. The van der Waals surface area contributed by atoms with Crippen LogP contribution < -0.4 is 19.7 Å². The van der Waals surface area contributed by atoms with Gasteiger partial charge in [-0.2, -0.15) is 0 Å². The number of benzene rings is 2. The highest BCUT2D eigenvalue weighted by molar-refractivity contribution is 9.10. The van der Waals surface area contributed by atoms with Crippen LogP contribution in [0, 0.1) is 6.92 Å². The number of rotatable bonds is 6. The standard InChI is InChI=1S/C27H24BrN3O3S/c1-16-7-9-18(19(28)14-16)22-11-12-23(34-22)26-25(20-6-4-5-13-29-20)30-27(35)31(26)21-10-8-17(32-2)15-24(21)33-3/h4-15,25-26H,1-3H3,(H,30,35)/t25-,26+/m0/s1. The van der Waals surface area contributed by atoms with Crippen molar-refractivity contribution in [3.8, 4) is 22.8 Å². The molecule has 1 saturated heterocycles. The second-order valence-electron chi connectivity index (χ2n) is 8.22. The molecule has 0 aliphatic carbocycles. The summed E-state index contributed by atoms with van der Waals surface area (Å²) in [5, 5.41) is 4.01. The number of pyridine rings is 1. The minimum atomic E-state index is -0.294. The van der Waals surface area contributed by atoms with Crippen LogP contribution in [0.25, 0.3) is 11.3 Å². The molecule has 1 aliphatic rings. The Morgan fingerprint density at radius 2 is 1.89 bits per heavy atom. The number of hydrogen-bond donors (Lipinski definition) is 1. The molecule has 2 atom stereocenters. The number of furan rings is 1. The summed E-state index contributed by atoms with van der Waals surface area (Å²) in [6, 6.07) is 21.2. The highest BCUT2D eigenvalue weighted by atomic mass is 79.9. The Labute approximate surface area is 218 Å². The van der Waals surface area contributed by atoms with Crippen molar-refractivity contribution in [2.45, 2.75) is 19.0 Å². The molecule has 1 fully saturated rings. The number of hydrogen-bond acceptors (Lipinski definition) is 5. The van der Waals surface area contributed by atoms with E-state index in [-0.39, 0.29) is 12.1 Å². The lowest BCUT2D eigenvalue weighted by molar-refractivity contribution is 0.392. The molecule has 4 aromatic rings. The van der Waals surface area contributed by atoms with Gasteiger partial charge in [-0.3, -0.25) is 4.98 Å². The van der Waals surface area contributed by atoms with Crippen LogP contribution in [0.3, 0.4) is 0 Å². The topological polar surface area (TPSA) is 59.8 Å². The van der Waals surface area contributed by atoms with Crippen molar-refractivity contribution in [2.75, 3.05) is 19.1 Å². The second kappa shape index (κ2) is 9.71. The molecule has 0 saturated carbocycles. The summed E-state index contributed by atoms with van der Waals surface area (Å²) >= 11 is 9.51. The van der Waals surface area contributed by atoms with Crippen LogP contribution in [0.4, 0.5) is 5.69 Å². The molecular weight excluding hydrogens is 526 g/mol. The molecule has 35 heavy (non-hydrogen) atoms.